The summed E-state index contributed by atoms with van der Waals surface area (Å²) in [5.41, 5.74) is 2.85. The molecule has 1 heterocycles. The van der Waals surface area contributed by atoms with E-state index in [1.165, 1.54) is 11.8 Å². The number of rotatable bonds is 5. The van der Waals surface area contributed by atoms with Crippen molar-refractivity contribution in [3.05, 3.63) is 47.8 Å². The smallest absolute Gasteiger partial charge is 0.232 e. The molecule has 0 spiro atoms. The van der Waals surface area contributed by atoms with Gasteiger partial charge < -0.3 is 0 Å². The van der Waals surface area contributed by atoms with Crippen molar-refractivity contribution in [2.75, 3.05) is 10.5 Å². The van der Waals surface area contributed by atoms with Crippen LogP contribution in [0.25, 0.3) is 0 Å². The van der Waals surface area contributed by atoms with Gasteiger partial charge in [-0.3, -0.25) is 9.40 Å². The van der Waals surface area contributed by atoms with Crippen molar-refractivity contribution in [2.24, 2.45) is 0 Å². The average molecular weight is 279 g/mol. The Morgan fingerprint density at radius 3 is 2.74 bits per heavy atom. The molecule has 0 amide bonds. The van der Waals surface area contributed by atoms with Crippen molar-refractivity contribution >= 4 is 15.7 Å². The van der Waals surface area contributed by atoms with E-state index in [4.69, 9.17) is 0 Å². The van der Waals surface area contributed by atoms with Gasteiger partial charge in [-0.15, -0.1) is 0 Å². The first-order valence-corrected chi connectivity index (χ1v) is 7.73. The molecular formula is C13H17N3O2S. The lowest BCUT2D eigenvalue weighted by molar-refractivity contribution is 0.602. The van der Waals surface area contributed by atoms with E-state index in [1.54, 1.807) is 17.8 Å². The Kier molecular flexibility index (Phi) is 3.90. The molecule has 0 fully saturated rings. The second-order valence-corrected chi connectivity index (χ2v) is 6.37. The fourth-order valence-corrected chi connectivity index (χ4v) is 2.33. The maximum Gasteiger partial charge on any atom is 0.232 e. The number of sulfonamides is 1. The van der Waals surface area contributed by atoms with Crippen LogP contribution >= 0.6 is 0 Å². The van der Waals surface area contributed by atoms with Crippen LogP contribution in [0.5, 0.6) is 0 Å². The molecular weight excluding hydrogens is 262 g/mol. The number of benzene rings is 1. The van der Waals surface area contributed by atoms with Gasteiger partial charge in [-0.05, 0) is 25.0 Å². The fourth-order valence-electron chi connectivity index (χ4n) is 1.72. The number of anilines is 1. The van der Waals surface area contributed by atoms with Gasteiger partial charge in [0.25, 0.3) is 0 Å². The Bertz CT molecular complexity index is 662. The largest absolute Gasteiger partial charge is 0.280 e. The molecule has 0 aliphatic heterocycles. The van der Waals surface area contributed by atoms with Crippen molar-refractivity contribution in [3.63, 3.8) is 0 Å². The molecule has 5 nitrogen and oxygen atoms in total. The zero-order valence-electron chi connectivity index (χ0n) is 11.0. The monoisotopic (exact) mass is 279 g/mol. The quantitative estimate of drug-likeness (QED) is 0.910. The molecule has 1 aromatic carbocycles. The molecule has 0 atom stereocenters. The molecule has 0 unspecified atom stereocenters. The number of aryl methyl sites for hydroxylation is 1. The van der Waals surface area contributed by atoms with Crippen molar-refractivity contribution in [2.45, 2.75) is 20.4 Å². The van der Waals surface area contributed by atoms with E-state index in [-0.39, 0.29) is 5.75 Å². The lowest BCUT2D eigenvalue weighted by atomic mass is 10.1. The number of hydrogen-bond acceptors (Lipinski definition) is 3. The van der Waals surface area contributed by atoms with Crippen LogP contribution in [0, 0.1) is 6.92 Å². The van der Waals surface area contributed by atoms with Gasteiger partial charge in [-0.2, -0.15) is 5.10 Å². The summed E-state index contributed by atoms with van der Waals surface area (Å²) in [5, 5.41) is 4.16. The van der Waals surface area contributed by atoms with E-state index in [1.807, 2.05) is 31.2 Å². The van der Waals surface area contributed by atoms with E-state index in [2.05, 4.69) is 9.82 Å². The van der Waals surface area contributed by atoms with Gasteiger partial charge >= 0.3 is 0 Å². The number of nitrogens with one attached hydrogen (secondary N) is 1. The lowest BCUT2D eigenvalue weighted by Crippen LogP contribution is -2.14. The zero-order valence-corrected chi connectivity index (χ0v) is 11.8. The lowest BCUT2D eigenvalue weighted by Gasteiger charge is -2.05. The van der Waals surface area contributed by atoms with Gasteiger partial charge in [-0.25, -0.2) is 8.42 Å². The predicted molar refractivity (Wildman–Crippen MR) is 75.6 cm³/mol. The minimum Gasteiger partial charge on any atom is -0.280 e. The summed E-state index contributed by atoms with van der Waals surface area (Å²) in [6.07, 6.45) is 3.21. The Morgan fingerprint density at radius 2 is 2.05 bits per heavy atom. The Balaban J connectivity index is 2.12. The summed E-state index contributed by atoms with van der Waals surface area (Å²) in [4.78, 5) is 0. The highest BCUT2D eigenvalue weighted by Gasteiger charge is 2.08. The molecule has 2 rings (SSSR count). The third-order valence-electron chi connectivity index (χ3n) is 2.88. The molecule has 0 saturated heterocycles. The first kappa shape index (κ1) is 13.6. The van der Waals surface area contributed by atoms with Crippen LogP contribution in [-0.2, 0) is 16.6 Å². The average Bonchev–Trinajstić information content (AvgIpc) is 2.79. The standard InChI is InChI=1S/C13H17N3O2S/c1-3-19(17,18)15-13-8-14-16(10-13)9-12-7-5-4-6-11(12)2/h4-8,10,15H,3,9H2,1-2H3. The minimum absolute atomic E-state index is 0.0516. The minimum atomic E-state index is -3.24. The summed E-state index contributed by atoms with van der Waals surface area (Å²) in [6.45, 7) is 4.26. The van der Waals surface area contributed by atoms with Crippen LogP contribution in [0.3, 0.4) is 0 Å². The summed E-state index contributed by atoms with van der Waals surface area (Å²) >= 11 is 0. The van der Waals surface area contributed by atoms with Crippen molar-refractivity contribution in [3.8, 4) is 0 Å². The van der Waals surface area contributed by atoms with E-state index in [0.717, 1.165) is 5.56 Å². The zero-order chi connectivity index (χ0) is 13.9. The molecule has 0 aliphatic rings. The third kappa shape index (κ3) is 3.57. The summed E-state index contributed by atoms with van der Waals surface area (Å²) < 4.78 is 27.1. The maximum atomic E-state index is 11.4. The normalized spacial score (nSPS) is 11.5. The Hall–Kier alpha value is -1.82. The number of hydrogen-bond donors (Lipinski definition) is 1. The molecule has 0 bridgehead atoms. The summed E-state index contributed by atoms with van der Waals surface area (Å²) in [6, 6.07) is 8.04. The molecule has 0 radical (unpaired) electrons. The van der Waals surface area contributed by atoms with Gasteiger partial charge in [0.1, 0.15) is 0 Å². The molecule has 2 aromatic rings. The summed E-state index contributed by atoms with van der Waals surface area (Å²) in [7, 11) is -3.24. The Labute approximate surface area is 113 Å². The van der Waals surface area contributed by atoms with Crippen LogP contribution in [-0.4, -0.2) is 24.0 Å². The molecule has 1 aromatic heterocycles. The fraction of sp³-hybridized carbons (Fsp3) is 0.308. The third-order valence-corrected chi connectivity index (χ3v) is 4.19. The van der Waals surface area contributed by atoms with Crippen LogP contribution in [0.15, 0.2) is 36.7 Å². The van der Waals surface area contributed by atoms with Crippen molar-refractivity contribution in [1.82, 2.24) is 9.78 Å². The van der Waals surface area contributed by atoms with E-state index in [0.29, 0.717) is 12.2 Å². The van der Waals surface area contributed by atoms with Crippen molar-refractivity contribution in [1.29, 1.82) is 0 Å². The molecule has 0 saturated carbocycles. The number of aromatic nitrogens is 2. The maximum absolute atomic E-state index is 11.4. The summed E-state index contributed by atoms with van der Waals surface area (Å²) in [5.74, 6) is 0.0516. The van der Waals surface area contributed by atoms with Gasteiger partial charge in [0.05, 0.1) is 24.2 Å². The Morgan fingerprint density at radius 1 is 1.32 bits per heavy atom. The second-order valence-electron chi connectivity index (χ2n) is 4.36. The molecule has 19 heavy (non-hydrogen) atoms. The van der Waals surface area contributed by atoms with Gasteiger partial charge in [0.2, 0.25) is 10.0 Å². The van der Waals surface area contributed by atoms with Crippen LogP contribution in [0.1, 0.15) is 18.1 Å². The van der Waals surface area contributed by atoms with Crippen LogP contribution in [0.4, 0.5) is 5.69 Å². The molecule has 102 valence electrons. The van der Waals surface area contributed by atoms with Crippen LogP contribution < -0.4 is 4.72 Å². The first-order valence-electron chi connectivity index (χ1n) is 6.07. The highest BCUT2D eigenvalue weighted by Crippen LogP contribution is 2.12. The van der Waals surface area contributed by atoms with Crippen molar-refractivity contribution < 1.29 is 8.42 Å². The highest BCUT2D eigenvalue weighted by molar-refractivity contribution is 7.92. The van der Waals surface area contributed by atoms with Crippen LogP contribution in [0.2, 0.25) is 0 Å². The van der Waals surface area contributed by atoms with Gasteiger partial charge in [0.15, 0.2) is 0 Å². The number of nitrogens with zero attached hydrogens (tertiary/aromatic N) is 2. The molecule has 6 heteroatoms. The predicted octanol–water partition coefficient (Wildman–Crippen LogP) is 2.00. The van der Waals surface area contributed by atoms with Gasteiger partial charge in [-0.1, -0.05) is 24.3 Å². The topological polar surface area (TPSA) is 64.0 Å². The highest BCUT2D eigenvalue weighted by atomic mass is 32.2. The van der Waals surface area contributed by atoms with E-state index in [9.17, 15) is 8.42 Å². The van der Waals surface area contributed by atoms with Gasteiger partial charge in [0, 0.05) is 6.20 Å². The SMILES string of the molecule is CCS(=O)(=O)Nc1cnn(Cc2ccccc2C)c1. The van der Waals surface area contributed by atoms with E-state index >= 15 is 0 Å². The second kappa shape index (κ2) is 5.44. The molecule has 1 N–H and O–H groups in total. The molecule has 0 aliphatic carbocycles. The first-order chi connectivity index (χ1) is 9.00. The van der Waals surface area contributed by atoms with E-state index < -0.39 is 10.0 Å².